The van der Waals surface area contributed by atoms with Crippen molar-refractivity contribution < 1.29 is 9.31 Å². The van der Waals surface area contributed by atoms with Gasteiger partial charge in [0.25, 0.3) is 6.73 Å². The van der Waals surface area contributed by atoms with Crippen molar-refractivity contribution in [2.75, 3.05) is 6.73 Å². The minimum absolute atomic E-state index is 0.687. The van der Waals surface area contributed by atoms with Gasteiger partial charge in [-0.1, -0.05) is 38.2 Å². The van der Waals surface area contributed by atoms with Gasteiger partial charge in [-0.3, -0.25) is 0 Å². The summed E-state index contributed by atoms with van der Waals surface area (Å²) in [5.74, 6) is 1.15. The van der Waals surface area contributed by atoms with Gasteiger partial charge >= 0.3 is 0 Å². The van der Waals surface area contributed by atoms with Crippen molar-refractivity contribution in [1.82, 2.24) is 0 Å². The van der Waals surface area contributed by atoms with Crippen LogP contribution in [-0.4, -0.2) is 31.6 Å². The number of nitrogens with zero attached hydrogens (tertiary/aromatic N) is 1. The Hall–Kier alpha value is -1.09. The van der Waals surface area contributed by atoms with Crippen LogP contribution in [0.5, 0.6) is 5.75 Å². The third kappa shape index (κ3) is 2.69. The minimum atomic E-state index is -1.34. The van der Waals surface area contributed by atoms with E-state index < -0.39 is 8.07 Å². The summed E-state index contributed by atoms with van der Waals surface area (Å²) >= 11 is 0. The Morgan fingerprint density at radius 3 is 2.55 bits per heavy atom. The Kier molecular flexibility index (Phi) is 3.72. The molecule has 0 radical (unpaired) electrons. The number of hydrogen-bond donors (Lipinski definition) is 0. The molecule has 1 aromatic rings. The number of hydrogen-bond acceptors (Lipinski definition) is 1. The maximum atomic E-state index is 6.18. The van der Waals surface area contributed by atoms with Crippen LogP contribution in [0.3, 0.4) is 0 Å². The Labute approximate surface area is 123 Å². The highest BCUT2D eigenvalue weighted by molar-refractivity contribution is 6.89. The van der Waals surface area contributed by atoms with Crippen molar-refractivity contribution in [3.05, 3.63) is 23.8 Å². The van der Waals surface area contributed by atoms with E-state index in [-0.39, 0.29) is 0 Å². The molecular weight excluding hydrogens is 262 g/mol. The first-order valence-electron chi connectivity index (χ1n) is 7.92. The van der Waals surface area contributed by atoms with E-state index in [0.29, 0.717) is 6.04 Å². The first-order valence-corrected chi connectivity index (χ1v) is 11.4. The lowest BCUT2D eigenvalue weighted by Gasteiger charge is -2.26. The number of ether oxygens (including phenoxy) is 1. The zero-order valence-corrected chi connectivity index (χ0v) is 14.0. The fraction of sp³-hybridized carbons (Fsp3) is 0.588. The Morgan fingerprint density at radius 1 is 1.10 bits per heavy atom. The first kappa shape index (κ1) is 13.9. The van der Waals surface area contributed by atoms with E-state index >= 15 is 0 Å². The van der Waals surface area contributed by atoms with Crippen molar-refractivity contribution in [2.24, 2.45) is 0 Å². The van der Waals surface area contributed by atoms with E-state index in [1.807, 2.05) is 0 Å². The van der Waals surface area contributed by atoms with Crippen molar-refractivity contribution >= 4 is 19.5 Å². The van der Waals surface area contributed by atoms with E-state index in [0.717, 1.165) is 12.5 Å². The van der Waals surface area contributed by atoms with Gasteiger partial charge < -0.3 is 4.74 Å². The van der Waals surface area contributed by atoms with Crippen LogP contribution in [-0.2, 0) is 0 Å². The SMILES string of the molecule is C[Si](C)(C)c1cccc2c1OC[N+](C1CCCCC1)=C2. The number of rotatable bonds is 2. The highest BCUT2D eigenvalue weighted by Crippen LogP contribution is 2.25. The highest BCUT2D eigenvalue weighted by atomic mass is 28.3. The molecule has 1 aliphatic heterocycles. The summed E-state index contributed by atoms with van der Waals surface area (Å²) in [5.41, 5.74) is 1.28. The normalized spacial score (nSPS) is 20.1. The number of para-hydroxylation sites is 1. The van der Waals surface area contributed by atoms with Crippen LogP contribution < -0.4 is 9.92 Å². The molecule has 1 fully saturated rings. The lowest BCUT2D eigenvalue weighted by Crippen LogP contribution is -2.42. The van der Waals surface area contributed by atoms with E-state index in [2.05, 4.69) is 48.6 Å². The second-order valence-electron chi connectivity index (χ2n) is 7.18. The molecule has 3 rings (SSSR count). The van der Waals surface area contributed by atoms with Gasteiger partial charge in [0, 0.05) is 12.8 Å². The molecule has 0 N–H and O–H groups in total. The zero-order valence-electron chi connectivity index (χ0n) is 13.0. The van der Waals surface area contributed by atoms with Gasteiger partial charge in [0.1, 0.15) is 5.75 Å². The van der Waals surface area contributed by atoms with Crippen LogP contribution in [0.1, 0.15) is 37.7 Å². The van der Waals surface area contributed by atoms with Gasteiger partial charge in [-0.2, -0.15) is 4.58 Å². The maximum absolute atomic E-state index is 6.18. The Bertz CT molecular complexity index is 524. The molecule has 1 aromatic carbocycles. The molecule has 0 amide bonds. The van der Waals surface area contributed by atoms with Crippen LogP contribution >= 0.6 is 0 Å². The Balaban J connectivity index is 1.93. The van der Waals surface area contributed by atoms with Crippen LogP contribution in [0.25, 0.3) is 0 Å². The summed E-state index contributed by atoms with van der Waals surface area (Å²) in [6.45, 7) is 7.90. The molecule has 3 heteroatoms. The van der Waals surface area contributed by atoms with E-state index in [9.17, 15) is 0 Å². The van der Waals surface area contributed by atoms with E-state index in [1.54, 1.807) is 0 Å². The lowest BCUT2D eigenvalue weighted by atomic mass is 9.95. The topological polar surface area (TPSA) is 12.2 Å². The molecule has 1 aliphatic carbocycles. The molecule has 108 valence electrons. The monoisotopic (exact) mass is 288 g/mol. The molecule has 0 unspecified atom stereocenters. The van der Waals surface area contributed by atoms with Crippen molar-refractivity contribution in [2.45, 2.75) is 57.8 Å². The fourth-order valence-corrected chi connectivity index (χ4v) is 4.88. The van der Waals surface area contributed by atoms with Crippen molar-refractivity contribution in [3.63, 3.8) is 0 Å². The molecule has 0 atom stereocenters. The summed E-state index contributed by atoms with van der Waals surface area (Å²) < 4.78 is 8.60. The summed E-state index contributed by atoms with van der Waals surface area (Å²) in [7, 11) is -1.34. The van der Waals surface area contributed by atoms with Crippen LogP contribution in [0, 0.1) is 0 Å². The smallest absolute Gasteiger partial charge is 0.287 e. The molecule has 2 nitrogen and oxygen atoms in total. The molecule has 1 saturated carbocycles. The quantitative estimate of drug-likeness (QED) is 0.600. The van der Waals surface area contributed by atoms with Gasteiger partial charge in [0.05, 0.1) is 13.6 Å². The van der Waals surface area contributed by atoms with Crippen LogP contribution in [0.4, 0.5) is 0 Å². The molecule has 0 spiro atoms. The molecule has 0 saturated heterocycles. The number of fused-ring (bicyclic) bond motifs is 1. The average Bonchev–Trinajstić information content (AvgIpc) is 2.46. The molecular formula is C17H26NOSi+. The summed E-state index contributed by atoms with van der Waals surface area (Å²) in [6, 6.07) is 7.34. The summed E-state index contributed by atoms with van der Waals surface area (Å²) in [4.78, 5) is 0. The molecule has 0 bridgehead atoms. The van der Waals surface area contributed by atoms with Gasteiger partial charge in [-0.25, -0.2) is 0 Å². The molecule has 20 heavy (non-hydrogen) atoms. The van der Waals surface area contributed by atoms with Gasteiger partial charge in [-0.05, 0) is 24.1 Å². The van der Waals surface area contributed by atoms with Crippen molar-refractivity contribution in [3.8, 4) is 5.75 Å². The molecule has 1 heterocycles. The largest absolute Gasteiger partial charge is 0.436 e. The first-order chi connectivity index (χ1) is 9.55. The zero-order chi connectivity index (χ0) is 14.2. The summed E-state index contributed by atoms with van der Waals surface area (Å²) in [5, 5.41) is 1.45. The second kappa shape index (κ2) is 5.36. The highest BCUT2D eigenvalue weighted by Gasteiger charge is 2.30. The predicted octanol–water partition coefficient (Wildman–Crippen LogP) is 3.35. The second-order valence-corrected chi connectivity index (χ2v) is 12.2. The fourth-order valence-electron chi connectivity index (χ4n) is 3.39. The van der Waals surface area contributed by atoms with Crippen LogP contribution in [0.15, 0.2) is 18.2 Å². The standard InChI is InChI=1S/C17H26NOSi/c1-20(2,3)16-11-7-8-14-12-18(13-19-17(14)16)15-9-5-4-6-10-15/h7-8,11-12,15H,4-6,9-10,13H2,1-3H3/q+1. The number of benzene rings is 1. The van der Waals surface area contributed by atoms with E-state index in [1.165, 1.54) is 42.9 Å². The Morgan fingerprint density at radius 2 is 1.85 bits per heavy atom. The lowest BCUT2D eigenvalue weighted by molar-refractivity contribution is -0.594. The third-order valence-electron chi connectivity index (χ3n) is 4.56. The minimum Gasteiger partial charge on any atom is -0.436 e. The van der Waals surface area contributed by atoms with Gasteiger partial charge in [0.15, 0.2) is 12.3 Å². The summed E-state index contributed by atoms with van der Waals surface area (Å²) in [6.07, 6.45) is 9.14. The molecule has 0 aromatic heterocycles. The van der Waals surface area contributed by atoms with Gasteiger partial charge in [0.2, 0.25) is 0 Å². The third-order valence-corrected chi connectivity index (χ3v) is 6.57. The maximum Gasteiger partial charge on any atom is 0.287 e. The average molecular weight is 288 g/mol. The van der Waals surface area contributed by atoms with E-state index in [4.69, 9.17) is 4.74 Å². The van der Waals surface area contributed by atoms with Crippen molar-refractivity contribution in [1.29, 1.82) is 0 Å². The predicted molar refractivity (Wildman–Crippen MR) is 87.2 cm³/mol. The van der Waals surface area contributed by atoms with Gasteiger partial charge in [-0.15, -0.1) is 0 Å². The molecule has 2 aliphatic rings. The van der Waals surface area contributed by atoms with Crippen LogP contribution in [0.2, 0.25) is 19.6 Å².